The smallest absolute Gasteiger partial charge is 0.194 e. The maximum atomic E-state index is 5.96. The van der Waals surface area contributed by atoms with Crippen LogP contribution in [0.3, 0.4) is 0 Å². The number of thiazole rings is 1. The highest BCUT2D eigenvalue weighted by Gasteiger charge is 2.18. The van der Waals surface area contributed by atoms with Crippen molar-refractivity contribution in [1.82, 2.24) is 9.38 Å². The van der Waals surface area contributed by atoms with Gasteiger partial charge < -0.3 is 10.5 Å². The Morgan fingerprint density at radius 3 is 2.85 bits per heavy atom. The number of hydrogen-bond acceptors (Lipinski definition) is 4. The van der Waals surface area contributed by atoms with Crippen LogP contribution in [0.4, 0.5) is 0 Å². The first kappa shape index (κ1) is 13.1. The van der Waals surface area contributed by atoms with Crippen molar-refractivity contribution >= 4 is 16.3 Å². The van der Waals surface area contributed by atoms with Gasteiger partial charge in [-0.3, -0.25) is 4.40 Å². The molecule has 5 heteroatoms. The second-order valence-electron chi connectivity index (χ2n) is 4.81. The highest BCUT2D eigenvalue weighted by molar-refractivity contribution is 7.15. The Kier molecular flexibility index (Phi) is 3.23. The van der Waals surface area contributed by atoms with E-state index in [4.69, 9.17) is 15.5 Å². The summed E-state index contributed by atoms with van der Waals surface area (Å²) in [6.45, 7) is 4.58. The van der Waals surface area contributed by atoms with E-state index >= 15 is 0 Å². The topological polar surface area (TPSA) is 52.5 Å². The molecule has 0 amide bonds. The Labute approximate surface area is 121 Å². The zero-order valence-corrected chi connectivity index (χ0v) is 12.6. The average molecular weight is 287 g/mol. The Balaban J connectivity index is 2.31. The Bertz CT molecular complexity index is 773. The van der Waals surface area contributed by atoms with Crippen molar-refractivity contribution < 1.29 is 4.74 Å². The molecule has 0 unspecified atom stereocenters. The number of methoxy groups -OCH3 is 1. The first-order valence-electron chi connectivity index (χ1n) is 6.46. The van der Waals surface area contributed by atoms with E-state index in [1.54, 1.807) is 18.4 Å². The third-order valence-electron chi connectivity index (χ3n) is 3.43. The minimum absolute atomic E-state index is 0.450. The van der Waals surface area contributed by atoms with Gasteiger partial charge in [0.15, 0.2) is 4.96 Å². The van der Waals surface area contributed by atoms with E-state index < -0.39 is 0 Å². The average Bonchev–Trinajstić information content (AvgIpc) is 2.98. The zero-order chi connectivity index (χ0) is 14.3. The lowest BCUT2D eigenvalue weighted by Gasteiger charge is -2.09. The summed E-state index contributed by atoms with van der Waals surface area (Å²) in [6, 6.07) is 6.11. The highest BCUT2D eigenvalue weighted by Crippen LogP contribution is 2.34. The third kappa shape index (κ3) is 1.90. The Morgan fingerprint density at radius 1 is 1.35 bits per heavy atom. The van der Waals surface area contributed by atoms with Gasteiger partial charge in [-0.25, -0.2) is 4.98 Å². The first-order valence-corrected chi connectivity index (χ1v) is 7.34. The molecule has 0 aliphatic heterocycles. The molecule has 0 saturated carbocycles. The summed E-state index contributed by atoms with van der Waals surface area (Å²) in [6.07, 6.45) is 0. The van der Waals surface area contributed by atoms with Crippen LogP contribution in [0.15, 0.2) is 23.6 Å². The molecular weight excluding hydrogens is 270 g/mol. The number of aryl methyl sites for hydroxylation is 2. The minimum Gasteiger partial charge on any atom is -0.496 e. The second kappa shape index (κ2) is 4.92. The van der Waals surface area contributed by atoms with Gasteiger partial charge in [0.2, 0.25) is 0 Å². The number of nitrogens with two attached hydrogens (primary N) is 1. The van der Waals surface area contributed by atoms with E-state index in [1.807, 2.05) is 12.1 Å². The maximum absolute atomic E-state index is 5.96. The summed E-state index contributed by atoms with van der Waals surface area (Å²) >= 11 is 1.63. The van der Waals surface area contributed by atoms with Gasteiger partial charge in [0.1, 0.15) is 5.75 Å². The summed E-state index contributed by atoms with van der Waals surface area (Å²) in [5.74, 6) is 0.828. The van der Waals surface area contributed by atoms with E-state index in [0.29, 0.717) is 6.54 Å². The summed E-state index contributed by atoms with van der Waals surface area (Å²) in [5, 5.41) is 2.10. The molecule has 0 bridgehead atoms. The molecule has 0 radical (unpaired) electrons. The lowest BCUT2D eigenvalue weighted by atomic mass is 10.1. The fraction of sp³-hybridized carbons (Fsp3) is 0.267. The number of benzene rings is 1. The molecule has 2 aromatic heterocycles. The standard InChI is InChI=1S/C15H17N3OS/c1-9-4-5-13(19-3)11(6-9)14-12(7-16)18-10(2)8-20-15(18)17-14/h4-6,8H,7,16H2,1-3H3. The largest absolute Gasteiger partial charge is 0.496 e. The van der Waals surface area contributed by atoms with Crippen LogP contribution in [0.5, 0.6) is 5.75 Å². The molecule has 0 atom stereocenters. The van der Waals surface area contributed by atoms with E-state index in [9.17, 15) is 0 Å². The van der Waals surface area contributed by atoms with Gasteiger partial charge in [-0.1, -0.05) is 11.6 Å². The van der Waals surface area contributed by atoms with E-state index in [1.165, 1.54) is 5.56 Å². The molecule has 1 aromatic carbocycles. The second-order valence-corrected chi connectivity index (χ2v) is 5.65. The van der Waals surface area contributed by atoms with E-state index in [-0.39, 0.29) is 0 Å². The van der Waals surface area contributed by atoms with Gasteiger partial charge in [0.25, 0.3) is 0 Å². The molecular formula is C15H17N3OS. The molecule has 0 spiro atoms. The van der Waals surface area contributed by atoms with Gasteiger partial charge in [-0.15, -0.1) is 11.3 Å². The van der Waals surface area contributed by atoms with Crippen molar-refractivity contribution in [2.45, 2.75) is 20.4 Å². The number of fused-ring (bicyclic) bond motifs is 1. The molecule has 104 valence electrons. The third-order valence-corrected chi connectivity index (χ3v) is 4.38. The molecule has 0 saturated heterocycles. The maximum Gasteiger partial charge on any atom is 0.194 e. The van der Waals surface area contributed by atoms with Crippen LogP contribution in [0, 0.1) is 13.8 Å². The van der Waals surface area contributed by atoms with Crippen LogP contribution in [0.25, 0.3) is 16.2 Å². The fourth-order valence-corrected chi connectivity index (χ4v) is 3.36. The summed E-state index contributed by atoms with van der Waals surface area (Å²) in [4.78, 5) is 5.72. The van der Waals surface area contributed by atoms with E-state index in [0.717, 1.165) is 33.4 Å². The van der Waals surface area contributed by atoms with Gasteiger partial charge in [0, 0.05) is 23.2 Å². The Morgan fingerprint density at radius 2 is 2.15 bits per heavy atom. The van der Waals surface area contributed by atoms with Crippen LogP contribution < -0.4 is 10.5 Å². The number of hydrogen-bond donors (Lipinski definition) is 1. The minimum atomic E-state index is 0.450. The number of rotatable bonds is 3. The lowest BCUT2D eigenvalue weighted by molar-refractivity contribution is 0.416. The van der Waals surface area contributed by atoms with E-state index in [2.05, 4.69) is 29.7 Å². The zero-order valence-electron chi connectivity index (χ0n) is 11.8. The first-order chi connectivity index (χ1) is 9.65. The van der Waals surface area contributed by atoms with Gasteiger partial charge in [-0.2, -0.15) is 0 Å². The molecule has 3 aromatic rings. The molecule has 20 heavy (non-hydrogen) atoms. The lowest BCUT2D eigenvalue weighted by Crippen LogP contribution is -2.03. The number of ether oxygens (including phenoxy) is 1. The predicted octanol–water partition coefficient (Wildman–Crippen LogP) is 3.15. The van der Waals surface area contributed by atoms with Gasteiger partial charge in [-0.05, 0) is 26.0 Å². The monoisotopic (exact) mass is 287 g/mol. The number of imidazole rings is 1. The molecule has 0 aliphatic rings. The summed E-state index contributed by atoms with van der Waals surface area (Å²) in [5.41, 5.74) is 11.3. The van der Waals surface area contributed by atoms with Crippen molar-refractivity contribution in [1.29, 1.82) is 0 Å². The van der Waals surface area contributed by atoms with Crippen LogP contribution in [0.1, 0.15) is 17.0 Å². The van der Waals surface area contributed by atoms with Crippen molar-refractivity contribution in [2.75, 3.05) is 7.11 Å². The van der Waals surface area contributed by atoms with Gasteiger partial charge >= 0.3 is 0 Å². The van der Waals surface area contributed by atoms with Crippen LogP contribution in [-0.4, -0.2) is 16.5 Å². The van der Waals surface area contributed by atoms with Crippen LogP contribution in [-0.2, 0) is 6.54 Å². The van der Waals surface area contributed by atoms with Crippen molar-refractivity contribution in [2.24, 2.45) is 5.73 Å². The summed E-state index contributed by atoms with van der Waals surface area (Å²) < 4.78 is 7.60. The normalized spacial score (nSPS) is 11.2. The predicted molar refractivity (Wildman–Crippen MR) is 82.4 cm³/mol. The van der Waals surface area contributed by atoms with Crippen molar-refractivity contribution in [3.63, 3.8) is 0 Å². The molecule has 0 fully saturated rings. The van der Waals surface area contributed by atoms with Crippen molar-refractivity contribution in [3.8, 4) is 17.0 Å². The molecule has 2 heterocycles. The SMILES string of the molecule is COc1ccc(C)cc1-c1nc2scc(C)n2c1CN. The molecule has 3 rings (SSSR count). The highest BCUT2D eigenvalue weighted by atomic mass is 32.1. The van der Waals surface area contributed by atoms with Crippen molar-refractivity contribution in [3.05, 3.63) is 40.5 Å². The molecule has 4 nitrogen and oxygen atoms in total. The molecule has 0 aliphatic carbocycles. The number of nitrogens with zero attached hydrogens (tertiary/aromatic N) is 2. The molecule has 2 N–H and O–H groups in total. The van der Waals surface area contributed by atoms with Gasteiger partial charge in [0.05, 0.1) is 18.5 Å². The summed E-state index contributed by atoms with van der Waals surface area (Å²) in [7, 11) is 1.68. The quantitative estimate of drug-likeness (QED) is 0.805. The fourth-order valence-electron chi connectivity index (χ4n) is 2.48. The number of aromatic nitrogens is 2. The van der Waals surface area contributed by atoms with Crippen LogP contribution in [0.2, 0.25) is 0 Å². The van der Waals surface area contributed by atoms with Crippen LogP contribution >= 0.6 is 11.3 Å². The Hall–Kier alpha value is -1.85.